The zero-order valence-electron chi connectivity index (χ0n) is 16.8. The van der Waals surface area contributed by atoms with Gasteiger partial charge in [-0.05, 0) is 37.1 Å². The van der Waals surface area contributed by atoms with Gasteiger partial charge in [-0.25, -0.2) is 34.9 Å². The van der Waals surface area contributed by atoms with Gasteiger partial charge in [0.05, 0.1) is 5.69 Å². The van der Waals surface area contributed by atoms with Gasteiger partial charge in [0.1, 0.15) is 5.75 Å². The van der Waals surface area contributed by atoms with E-state index >= 15 is 0 Å². The molecule has 0 bridgehead atoms. The van der Waals surface area contributed by atoms with E-state index < -0.39 is 51.8 Å². The highest BCUT2D eigenvalue weighted by Crippen LogP contribution is 2.50. The Kier molecular flexibility index (Phi) is 7.06. The Bertz CT molecular complexity index is 1130. The highest BCUT2D eigenvalue weighted by atomic mass is 32.2. The van der Waals surface area contributed by atoms with Gasteiger partial charge in [0, 0.05) is 21.3 Å². The lowest BCUT2D eigenvalue weighted by Crippen LogP contribution is -2.29. The van der Waals surface area contributed by atoms with Crippen LogP contribution in [0.15, 0.2) is 17.0 Å². The number of phosphoric ester groups is 1. The molecule has 0 aromatic heterocycles. The summed E-state index contributed by atoms with van der Waals surface area (Å²) in [6.45, 7) is 2.86. The van der Waals surface area contributed by atoms with Crippen molar-refractivity contribution in [2.45, 2.75) is 18.7 Å². The monoisotopic (exact) mass is 489 g/mol. The Hall–Kier alpha value is -2.21. The summed E-state index contributed by atoms with van der Waals surface area (Å²) in [6.07, 6.45) is 0. The first kappa shape index (κ1) is 25.1. The number of hydrogen-bond donors (Lipinski definition) is 0. The average Bonchev–Trinajstić information content (AvgIpc) is 2.72. The maximum absolute atomic E-state index is 14.1. The number of nitrogens with zero attached hydrogens (tertiary/aromatic N) is 1. The molecule has 0 unspecified atom stereocenters. The number of anilines is 1. The van der Waals surface area contributed by atoms with Gasteiger partial charge in [-0.2, -0.15) is 0 Å². The Morgan fingerprint density at radius 2 is 1.23 bits per heavy atom. The van der Waals surface area contributed by atoms with Crippen molar-refractivity contribution < 1.29 is 48.5 Å². The Morgan fingerprint density at radius 3 is 1.61 bits per heavy atom. The Balaban J connectivity index is 2.60. The van der Waals surface area contributed by atoms with Crippen molar-refractivity contribution in [1.29, 1.82) is 0 Å². The summed E-state index contributed by atoms with van der Waals surface area (Å²) in [5, 5.41) is 0. The minimum atomic E-state index is -5.21. The molecule has 2 rings (SSSR count). The smallest absolute Gasteiger partial charge is 0.403 e. The average molecular weight is 489 g/mol. The van der Waals surface area contributed by atoms with Crippen molar-refractivity contribution in [3.8, 4) is 5.75 Å². The predicted molar refractivity (Wildman–Crippen MR) is 100.0 cm³/mol. The lowest BCUT2D eigenvalue weighted by Gasteiger charge is -2.23. The molecule has 2 aromatic rings. The summed E-state index contributed by atoms with van der Waals surface area (Å²) in [7, 11) is -6.16. The zero-order chi connectivity index (χ0) is 23.9. The van der Waals surface area contributed by atoms with Crippen LogP contribution in [0.4, 0.5) is 27.6 Å². The summed E-state index contributed by atoms with van der Waals surface area (Å²) in [6, 6.07) is 2.34. The zero-order valence-corrected chi connectivity index (χ0v) is 18.5. The molecule has 0 amide bonds. The van der Waals surface area contributed by atoms with E-state index in [2.05, 4.69) is 9.05 Å². The fourth-order valence-corrected chi connectivity index (χ4v) is 4.70. The van der Waals surface area contributed by atoms with Crippen LogP contribution in [0, 0.1) is 42.9 Å². The van der Waals surface area contributed by atoms with Crippen molar-refractivity contribution in [3.63, 3.8) is 0 Å². The molecule has 0 fully saturated rings. The molecule has 0 aliphatic rings. The highest BCUT2D eigenvalue weighted by molar-refractivity contribution is 7.92. The number of hydrogen-bond acceptors (Lipinski definition) is 6. The number of aryl methyl sites for hydroxylation is 2. The van der Waals surface area contributed by atoms with E-state index in [1.165, 1.54) is 26.0 Å². The van der Waals surface area contributed by atoms with E-state index in [-0.39, 0.29) is 22.6 Å². The van der Waals surface area contributed by atoms with E-state index in [1.54, 1.807) is 0 Å². The molecule has 0 spiro atoms. The maximum Gasteiger partial charge on any atom is 0.529 e. The molecule has 0 aliphatic heterocycles. The van der Waals surface area contributed by atoms with Gasteiger partial charge in [0.2, 0.25) is 5.82 Å². The molecule has 7 nitrogen and oxygen atoms in total. The molecular weight excluding hydrogens is 472 g/mol. The van der Waals surface area contributed by atoms with Crippen molar-refractivity contribution >= 4 is 23.5 Å². The second kappa shape index (κ2) is 8.73. The lowest BCUT2D eigenvalue weighted by molar-refractivity contribution is 0.210. The maximum atomic E-state index is 14.1. The number of phosphoric acid groups is 1. The third-order valence-corrected chi connectivity index (χ3v) is 7.35. The largest absolute Gasteiger partial charge is 0.529 e. The van der Waals surface area contributed by atoms with Crippen molar-refractivity contribution in [3.05, 3.63) is 52.3 Å². The number of rotatable bonds is 7. The van der Waals surface area contributed by atoms with Crippen molar-refractivity contribution in [2.24, 2.45) is 0 Å². The van der Waals surface area contributed by atoms with Gasteiger partial charge < -0.3 is 4.52 Å². The third kappa shape index (κ3) is 4.40. The molecule has 0 saturated carbocycles. The molecule has 2 aromatic carbocycles. The van der Waals surface area contributed by atoms with Gasteiger partial charge in [0.25, 0.3) is 10.0 Å². The summed E-state index contributed by atoms with van der Waals surface area (Å²) >= 11 is 0. The second-order valence-corrected chi connectivity index (χ2v) is 9.90. The lowest BCUT2D eigenvalue weighted by atomic mass is 10.1. The Morgan fingerprint density at radius 1 is 0.839 bits per heavy atom. The van der Waals surface area contributed by atoms with Gasteiger partial charge in [0.15, 0.2) is 28.2 Å². The predicted octanol–water partition coefficient (Wildman–Crippen LogP) is 4.60. The molecule has 14 heteroatoms. The molecular formula is C17H17F5NO6PS. The molecule has 172 valence electrons. The summed E-state index contributed by atoms with van der Waals surface area (Å²) in [5.41, 5.74) is 0.225. The van der Waals surface area contributed by atoms with Crippen LogP contribution in [-0.4, -0.2) is 29.7 Å². The summed E-state index contributed by atoms with van der Waals surface area (Å²) < 4.78 is 121. The van der Waals surface area contributed by atoms with Crippen LogP contribution in [0.5, 0.6) is 5.75 Å². The minimum absolute atomic E-state index is 0.0119. The van der Waals surface area contributed by atoms with Crippen molar-refractivity contribution in [2.75, 3.05) is 25.6 Å². The van der Waals surface area contributed by atoms with Gasteiger partial charge in [-0.1, -0.05) is 0 Å². The van der Waals surface area contributed by atoms with Crippen LogP contribution in [0.3, 0.4) is 0 Å². The van der Waals surface area contributed by atoms with Crippen LogP contribution in [-0.2, 0) is 23.6 Å². The van der Waals surface area contributed by atoms with Crippen LogP contribution < -0.4 is 8.83 Å². The number of benzene rings is 2. The second-order valence-electron chi connectivity index (χ2n) is 6.18. The quantitative estimate of drug-likeness (QED) is 0.245. The van der Waals surface area contributed by atoms with E-state index in [4.69, 9.17) is 4.52 Å². The van der Waals surface area contributed by atoms with E-state index in [1.807, 2.05) is 0 Å². The molecule has 0 atom stereocenters. The molecule has 0 N–H and O–H groups in total. The summed E-state index contributed by atoms with van der Waals surface area (Å²) in [4.78, 5) is -2.00. The van der Waals surface area contributed by atoms with Gasteiger partial charge in [-0.15, -0.1) is 0 Å². The van der Waals surface area contributed by atoms with Crippen LogP contribution >= 0.6 is 7.82 Å². The third-order valence-electron chi connectivity index (χ3n) is 4.25. The van der Waals surface area contributed by atoms with Gasteiger partial charge in [-0.3, -0.25) is 13.4 Å². The molecule has 31 heavy (non-hydrogen) atoms. The standard InChI is InChI=1S/C17H17F5NO6PS/c1-8-6-10(7-9(2)16(8)29-30(24,27-4)28-5)23(3)31(25,26)17-14(21)12(19)11(18)13(20)15(17)22/h6-7H,1-5H3. The van der Waals surface area contributed by atoms with Gasteiger partial charge >= 0.3 is 7.82 Å². The topological polar surface area (TPSA) is 82.1 Å². The summed E-state index contributed by atoms with van der Waals surface area (Å²) in [5.74, 6) is -12.2. The number of sulfonamides is 1. The van der Waals surface area contributed by atoms with Crippen LogP contribution in [0.25, 0.3) is 0 Å². The first-order valence-electron chi connectivity index (χ1n) is 8.24. The minimum Gasteiger partial charge on any atom is -0.403 e. The molecule has 0 aliphatic carbocycles. The van der Waals surface area contributed by atoms with E-state index in [0.717, 1.165) is 21.3 Å². The fraction of sp³-hybridized carbons (Fsp3) is 0.294. The van der Waals surface area contributed by atoms with Crippen LogP contribution in [0.1, 0.15) is 11.1 Å². The Labute approximate surface area is 175 Å². The van der Waals surface area contributed by atoms with Crippen molar-refractivity contribution in [1.82, 2.24) is 0 Å². The SMILES string of the molecule is COP(=O)(OC)Oc1c(C)cc(N(C)S(=O)(=O)c2c(F)c(F)c(F)c(F)c2F)cc1C. The first-order valence-corrected chi connectivity index (χ1v) is 11.1. The molecule has 0 radical (unpaired) electrons. The highest BCUT2D eigenvalue weighted by Gasteiger charge is 2.36. The molecule has 0 saturated heterocycles. The van der Waals surface area contributed by atoms with Crippen LogP contribution in [0.2, 0.25) is 0 Å². The molecule has 0 heterocycles. The first-order chi connectivity index (χ1) is 14.2. The fourth-order valence-electron chi connectivity index (χ4n) is 2.60. The van der Waals surface area contributed by atoms with E-state index in [0.29, 0.717) is 4.31 Å². The number of halogens is 5. The van der Waals surface area contributed by atoms with E-state index in [9.17, 15) is 34.9 Å². The normalized spacial score (nSPS) is 12.2.